The Labute approximate surface area is 82.9 Å². The second-order valence-electron chi connectivity index (χ2n) is 3.65. The van der Waals surface area contributed by atoms with Crippen LogP contribution in [0.1, 0.15) is 29.8 Å². The largest absolute Gasteiger partial charge is 0.324 e. The molecule has 0 unspecified atom stereocenters. The molecule has 0 amide bonds. The average Bonchev–Trinajstić information content (AvgIpc) is 2.15. The maximum absolute atomic E-state index is 13.7. The molecule has 0 saturated heterocycles. The van der Waals surface area contributed by atoms with E-state index in [0.29, 0.717) is 11.1 Å². The lowest BCUT2D eigenvalue weighted by Gasteiger charge is -2.17. The molecule has 3 heteroatoms. The summed E-state index contributed by atoms with van der Waals surface area (Å²) >= 11 is 0. The first-order valence-electron chi connectivity index (χ1n) is 4.48. The number of rotatable bonds is 3. The van der Waals surface area contributed by atoms with Crippen molar-refractivity contribution in [2.24, 2.45) is 5.73 Å². The third kappa shape index (κ3) is 2.17. The first-order valence-corrected chi connectivity index (χ1v) is 4.48. The molecule has 0 bridgehead atoms. The summed E-state index contributed by atoms with van der Waals surface area (Å²) in [6.45, 7) is 2.76. The number of hydrogen-bond acceptors (Lipinski definition) is 2. The average molecular weight is 195 g/mol. The number of benzene rings is 1. The van der Waals surface area contributed by atoms with Crippen molar-refractivity contribution in [2.45, 2.75) is 19.5 Å². The van der Waals surface area contributed by atoms with E-state index in [9.17, 15) is 9.18 Å². The number of nitrogens with two attached hydrogens (primary N) is 1. The highest BCUT2D eigenvalue weighted by Gasteiger charge is 2.24. The second-order valence-corrected chi connectivity index (χ2v) is 3.65. The van der Waals surface area contributed by atoms with E-state index in [0.717, 1.165) is 0 Å². The zero-order valence-corrected chi connectivity index (χ0v) is 8.38. The quantitative estimate of drug-likeness (QED) is 0.750. The molecular weight excluding hydrogens is 181 g/mol. The Bertz CT molecular complexity index is 341. The Morgan fingerprint density at radius 3 is 2.50 bits per heavy atom. The van der Waals surface area contributed by atoms with Gasteiger partial charge in [-0.1, -0.05) is 24.3 Å². The molecular formula is C11H14FNO. The predicted molar refractivity (Wildman–Crippen MR) is 54.0 cm³/mol. The second kappa shape index (κ2) is 3.88. The van der Waals surface area contributed by atoms with E-state index in [1.54, 1.807) is 24.3 Å². The number of halogens is 1. The molecule has 0 heterocycles. The van der Waals surface area contributed by atoms with E-state index >= 15 is 0 Å². The van der Waals surface area contributed by atoms with Gasteiger partial charge in [0.15, 0.2) is 5.78 Å². The number of hydrogen-bond donors (Lipinski definition) is 1. The summed E-state index contributed by atoms with van der Waals surface area (Å²) in [6, 6.07) is 6.64. The van der Waals surface area contributed by atoms with Crippen LogP contribution in [0.15, 0.2) is 24.3 Å². The lowest BCUT2D eigenvalue weighted by molar-refractivity contribution is 0.0994. The SMILES string of the molecule is CC(C)(F)c1ccccc1C(=O)CN. The van der Waals surface area contributed by atoms with Gasteiger partial charge in [-0.25, -0.2) is 4.39 Å². The molecule has 76 valence electrons. The van der Waals surface area contributed by atoms with Crippen LogP contribution >= 0.6 is 0 Å². The van der Waals surface area contributed by atoms with Gasteiger partial charge in [0.1, 0.15) is 5.67 Å². The highest BCUT2D eigenvalue weighted by molar-refractivity contribution is 5.99. The number of carbonyl (C=O) groups is 1. The molecule has 0 spiro atoms. The van der Waals surface area contributed by atoms with Gasteiger partial charge in [-0.2, -0.15) is 0 Å². The zero-order valence-electron chi connectivity index (χ0n) is 8.38. The first kappa shape index (κ1) is 10.9. The van der Waals surface area contributed by atoms with Crippen molar-refractivity contribution in [2.75, 3.05) is 6.54 Å². The Hall–Kier alpha value is -1.22. The van der Waals surface area contributed by atoms with Gasteiger partial charge < -0.3 is 5.73 Å². The minimum Gasteiger partial charge on any atom is -0.324 e. The number of alkyl halides is 1. The van der Waals surface area contributed by atoms with Gasteiger partial charge in [0.2, 0.25) is 0 Å². The smallest absolute Gasteiger partial charge is 0.176 e. The van der Waals surface area contributed by atoms with Gasteiger partial charge in [0.05, 0.1) is 6.54 Å². The summed E-state index contributed by atoms with van der Waals surface area (Å²) in [5.41, 5.74) is 4.51. The van der Waals surface area contributed by atoms with Gasteiger partial charge in [0, 0.05) is 5.56 Å². The Morgan fingerprint density at radius 2 is 2.00 bits per heavy atom. The van der Waals surface area contributed by atoms with E-state index in [1.807, 2.05) is 0 Å². The van der Waals surface area contributed by atoms with Gasteiger partial charge in [0.25, 0.3) is 0 Å². The molecule has 0 aliphatic carbocycles. The molecule has 0 saturated carbocycles. The Morgan fingerprint density at radius 1 is 1.43 bits per heavy atom. The maximum Gasteiger partial charge on any atom is 0.176 e. The van der Waals surface area contributed by atoms with E-state index in [-0.39, 0.29) is 12.3 Å². The van der Waals surface area contributed by atoms with Gasteiger partial charge >= 0.3 is 0 Å². The molecule has 1 aromatic rings. The molecule has 14 heavy (non-hydrogen) atoms. The van der Waals surface area contributed by atoms with Crippen molar-refractivity contribution < 1.29 is 9.18 Å². The summed E-state index contributed by atoms with van der Waals surface area (Å²) in [7, 11) is 0. The fourth-order valence-electron chi connectivity index (χ4n) is 1.35. The molecule has 0 radical (unpaired) electrons. The van der Waals surface area contributed by atoms with Crippen molar-refractivity contribution >= 4 is 5.78 Å². The molecule has 2 N–H and O–H groups in total. The monoisotopic (exact) mass is 195 g/mol. The standard InChI is InChI=1S/C11H14FNO/c1-11(2,12)9-6-4-3-5-8(9)10(14)7-13/h3-6H,7,13H2,1-2H3. The summed E-state index contributed by atoms with van der Waals surface area (Å²) in [5.74, 6) is -0.230. The maximum atomic E-state index is 13.7. The highest BCUT2D eigenvalue weighted by atomic mass is 19.1. The predicted octanol–water partition coefficient (Wildman–Crippen LogP) is 2.03. The van der Waals surface area contributed by atoms with Gasteiger partial charge in [-0.15, -0.1) is 0 Å². The molecule has 1 rings (SSSR count). The van der Waals surface area contributed by atoms with Gasteiger partial charge in [-0.05, 0) is 19.4 Å². The molecule has 2 nitrogen and oxygen atoms in total. The van der Waals surface area contributed by atoms with Gasteiger partial charge in [-0.3, -0.25) is 4.79 Å². The fraction of sp³-hybridized carbons (Fsp3) is 0.364. The van der Waals surface area contributed by atoms with Crippen molar-refractivity contribution in [3.63, 3.8) is 0 Å². The zero-order chi connectivity index (χ0) is 10.8. The van der Waals surface area contributed by atoms with Crippen LogP contribution in [0.4, 0.5) is 4.39 Å². The summed E-state index contributed by atoms with van der Waals surface area (Å²) < 4.78 is 13.7. The Kier molecular flexibility index (Phi) is 3.01. The summed E-state index contributed by atoms with van der Waals surface area (Å²) in [6.07, 6.45) is 0. The van der Waals surface area contributed by atoms with Crippen molar-refractivity contribution in [3.8, 4) is 0 Å². The van der Waals surface area contributed by atoms with E-state index in [2.05, 4.69) is 0 Å². The number of Topliss-reactive ketones (excluding diaryl/α,β-unsaturated/α-hetero) is 1. The normalized spacial score (nSPS) is 11.4. The fourth-order valence-corrected chi connectivity index (χ4v) is 1.35. The third-order valence-electron chi connectivity index (χ3n) is 2.05. The minimum atomic E-state index is -1.51. The minimum absolute atomic E-state index is 0.0902. The van der Waals surface area contributed by atoms with Crippen LogP contribution in [-0.4, -0.2) is 12.3 Å². The van der Waals surface area contributed by atoms with Crippen molar-refractivity contribution in [3.05, 3.63) is 35.4 Å². The van der Waals surface area contributed by atoms with Crippen LogP contribution in [0, 0.1) is 0 Å². The molecule has 0 aliphatic heterocycles. The third-order valence-corrected chi connectivity index (χ3v) is 2.05. The molecule has 0 fully saturated rings. The lowest BCUT2D eigenvalue weighted by atomic mass is 9.92. The summed E-state index contributed by atoms with van der Waals surface area (Å²) in [4.78, 5) is 11.4. The van der Waals surface area contributed by atoms with Crippen molar-refractivity contribution in [1.82, 2.24) is 0 Å². The van der Waals surface area contributed by atoms with Crippen LogP contribution in [0.2, 0.25) is 0 Å². The van der Waals surface area contributed by atoms with Crippen molar-refractivity contribution in [1.29, 1.82) is 0 Å². The van der Waals surface area contributed by atoms with Crippen LogP contribution in [0.5, 0.6) is 0 Å². The van der Waals surface area contributed by atoms with E-state index in [1.165, 1.54) is 13.8 Å². The van der Waals surface area contributed by atoms with Crippen LogP contribution in [0.25, 0.3) is 0 Å². The van der Waals surface area contributed by atoms with Crippen LogP contribution in [-0.2, 0) is 5.67 Å². The Balaban J connectivity index is 3.23. The topological polar surface area (TPSA) is 43.1 Å². The van der Waals surface area contributed by atoms with E-state index in [4.69, 9.17) is 5.73 Å². The molecule has 0 aromatic heterocycles. The summed E-state index contributed by atoms with van der Waals surface area (Å²) in [5, 5.41) is 0. The van der Waals surface area contributed by atoms with E-state index < -0.39 is 5.67 Å². The highest BCUT2D eigenvalue weighted by Crippen LogP contribution is 2.27. The molecule has 1 aromatic carbocycles. The van der Waals surface area contributed by atoms with Crippen LogP contribution in [0.3, 0.4) is 0 Å². The molecule has 0 atom stereocenters. The number of ketones is 1. The lowest BCUT2D eigenvalue weighted by Crippen LogP contribution is -2.20. The first-order chi connectivity index (χ1) is 6.46. The molecule has 0 aliphatic rings. The number of carbonyl (C=O) groups excluding carboxylic acids is 1. The van der Waals surface area contributed by atoms with Crippen LogP contribution < -0.4 is 5.73 Å².